The molecule has 0 aromatic rings. The van der Waals surface area contributed by atoms with Crippen LogP contribution in [-0.2, 0) is 42.7 Å². The standard InChI is InChI=1S/C40H58O11/c1-19-11-25-5-7-29-20(2)12-27(44-29)9-10-40-17-34-36(50-40)37-38(49-34)39(51-40)35-30(48-37)8-6-26(46-35)13-23(42)14-28-22(4)31(15-24(43)18-41)47-33(28)16-32(45-25)21(19)3/h19,22,24-39,41,43H,2-3,5-18H2,1,4H3/t19-,22-,24+,25+,26-,27+,28?,29?,30+,31-,32?,33+,34-,35+,36?,37+,38-,39+,40+/m1/s1. The van der Waals surface area contributed by atoms with E-state index in [-0.39, 0.29) is 110 Å². The predicted molar refractivity (Wildman–Crippen MR) is 183 cm³/mol. The van der Waals surface area contributed by atoms with Crippen LogP contribution in [-0.4, -0.2) is 120 Å². The molecule has 12 bridgehead atoms. The molecule has 11 nitrogen and oxygen atoms in total. The van der Waals surface area contributed by atoms with Crippen LogP contribution in [0.15, 0.2) is 24.3 Å². The lowest BCUT2D eigenvalue weighted by Crippen LogP contribution is -2.61. The van der Waals surface area contributed by atoms with Gasteiger partial charge in [0.1, 0.15) is 36.3 Å². The van der Waals surface area contributed by atoms with E-state index in [0.29, 0.717) is 44.4 Å². The number of ketones is 1. The molecule has 19 atom stereocenters. The van der Waals surface area contributed by atoms with E-state index in [0.717, 1.165) is 56.1 Å². The highest BCUT2D eigenvalue weighted by Gasteiger charge is 2.68. The molecular formula is C40H58O11. The first kappa shape index (κ1) is 35.5. The molecule has 10 heterocycles. The number of hydrogen-bond donors (Lipinski definition) is 2. The third-order valence-electron chi connectivity index (χ3n) is 14.1. The van der Waals surface area contributed by atoms with E-state index in [4.69, 9.17) is 37.9 Å². The highest BCUT2D eigenvalue weighted by molar-refractivity contribution is 5.79. The molecule has 11 heteroatoms. The fraction of sp³-hybridized carbons (Fsp3) is 0.875. The molecule has 10 saturated heterocycles. The van der Waals surface area contributed by atoms with Gasteiger partial charge in [0, 0.05) is 38.5 Å². The Morgan fingerprint density at radius 3 is 2.33 bits per heavy atom. The molecule has 0 saturated carbocycles. The second-order valence-electron chi connectivity index (χ2n) is 17.5. The number of rotatable bonds is 3. The van der Waals surface area contributed by atoms with Gasteiger partial charge in [-0.3, -0.25) is 4.79 Å². The summed E-state index contributed by atoms with van der Waals surface area (Å²) >= 11 is 0. The Morgan fingerprint density at radius 1 is 0.745 bits per heavy atom. The van der Waals surface area contributed by atoms with E-state index in [1.165, 1.54) is 0 Å². The Labute approximate surface area is 301 Å². The molecule has 2 N–H and O–H groups in total. The maximum Gasteiger partial charge on any atom is 0.172 e. The number of carbonyl (C=O) groups excluding carboxylic acids is 1. The Balaban J connectivity index is 0.986. The summed E-state index contributed by atoms with van der Waals surface area (Å²) in [4.78, 5) is 14.0. The fourth-order valence-electron chi connectivity index (χ4n) is 11.3. The predicted octanol–water partition coefficient (Wildman–Crippen LogP) is 4.09. The Hall–Kier alpha value is -1.25. The first-order valence-electron chi connectivity index (χ1n) is 20.0. The van der Waals surface area contributed by atoms with Crippen LogP contribution in [0.2, 0.25) is 0 Å². The van der Waals surface area contributed by atoms with Crippen LogP contribution in [0.3, 0.4) is 0 Å². The molecule has 4 unspecified atom stereocenters. The molecule has 284 valence electrons. The van der Waals surface area contributed by atoms with E-state index in [1.54, 1.807) is 0 Å². The van der Waals surface area contributed by atoms with Gasteiger partial charge in [-0.15, -0.1) is 0 Å². The van der Waals surface area contributed by atoms with Crippen LogP contribution in [0, 0.1) is 17.8 Å². The number of hydrogen-bond acceptors (Lipinski definition) is 11. The van der Waals surface area contributed by atoms with Crippen molar-refractivity contribution in [1.29, 1.82) is 0 Å². The van der Waals surface area contributed by atoms with Gasteiger partial charge in [0.15, 0.2) is 5.79 Å². The molecule has 10 rings (SSSR count). The Morgan fingerprint density at radius 2 is 1.49 bits per heavy atom. The second-order valence-corrected chi connectivity index (χ2v) is 17.5. The van der Waals surface area contributed by atoms with Gasteiger partial charge in [-0.2, -0.15) is 0 Å². The van der Waals surface area contributed by atoms with Crippen molar-refractivity contribution >= 4 is 5.78 Å². The third-order valence-corrected chi connectivity index (χ3v) is 14.1. The highest BCUT2D eigenvalue weighted by Crippen LogP contribution is 2.54. The summed E-state index contributed by atoms with van der Waals surface area (Å²) in [6.45, 7) is 12.9. The fourth-order valence-corrected chi connectivity index (χ4v) is 11.3. The number of ether oxygens (including phenoxy) is 8. The summed E-state index contributed by atoms with van der Waals surface area (Å²) in [6.07, 6.45) is 5.65. The van der Waals surface area contributed by atoms with Crippen LogP contribution in [0.1, 0.15) is 97.3 Å². The number of fused-ring (bicyclic) bond motifs is 6. The number of aliphatic hydroxyl groups excluding tert-OH is 2. The van der Waals surface area contributed by atoms with Crippen LogP contribution in [0.25, 0.3) is 0 Å². The Bertz CT molecular complexity index is 1360. The highest BCUT2D eigenvalue weighted by atomic mass is 16.8. The van der Waals surface area contributed by atoms with Gasteiger partial charge in [0.2, 0.25) is 0 Å². The third kappa shape index (κ3) is 6.53. The molecule has 0 aromatic carbocycles. The van der Waals surface area contributed by atoms with Gasteiger partial charge in [0.25, 0.3) is 0 Å². The SMILES string of the molecule is C=C1C[C@@H]2CC[C@@]34C[C@H]5O[C@H]6[C@@H](O3)[C@H]3O[C@H](CC[C@@H]3O[C@H]6C5O4)CC(=O)CC3[C@H](CC4O[C@@H](CCC1O2)C[C@@H](C)C4=C)O[C@H](C[C@H](O)CO)[C@@H]3C. The van der Waals surface area contributed by atoms with Crippen molar-refractivity contribution in [3.05, 3.63) is 24.3 Å². The first-order valence-corrected chi connectivity index (χ1v) is 20.0. The number of Topliss-reactive ketones (excluding diaryl/α,β-unsaturated/α-hetero) is 1. The molecule has 1 spiro atoms. The van der Waals surface area contributed by atoms with Crippen molar-refractivity contribution in [2.45, 2.75) is 195 Å². The largest absolute Gasteiger partial charge is 0.394 e. The van der Waals surface area contributed by atoms with E-state index >= 15 is 0 Å². The normalized spacial score (nSPS) is 53.2. The van der Waals surface area contributed by atoms with Gasteiger partial charge in [-0.05, 0) is 73.8 Å². The summed E-state index contributed by atoms with van der Waals surface area (Å²) < 4.78 is 53.9. The van der Waals surface area contributed by atoms with Gasteiger partial charge in [-0.1, -0.05) is 27.0 Å². The average Bonchev–Trinajstić information content (AvgIpc) is 3.77. The number of carbonyl (C=O) groups is 1. The molecule has 0 aromatic heterocycles. The molecule has 0 radical (unpaired) electrons. The minimum absolute atomic E-state index is 0.00894. The summed E-state index contributed by atoms with van der Waals surface area (Å²) in [6, 6.07) is 0. The summed E-state index contributed by atoms with van der Waals surface area (Å²) in [7, 11) is 0. The Kier molecular flexibility index (Phi) is 9.59. The van der Waals surface area contributed by atoms with Gasteiger partial charge < -0.3 is 48.1 Å². The zero-order valence-electron chi connectivity index (χ0n) is 30.3. The zero-order chi connectivity index (χ0) is 35.2. The minimum Gasteiger partial charge on any atom is -0.394 e. The summed E-state index contributed by atoms with van der Waals surface area (Å²) in [5, 5.41) is 20.0. The lowest BCUT2D eigenvalue weighted by molar-refractivity contribution is -0.292. The van der Waals surface area contributed by atoms with E-state index in [9.17, 15) is 15.0 Å². The first-order chi connectivity index (χ1) is 24.6. The van der Waals surface area contributed by atoms with Crippen molar-refractivity contribution in [2.24, 2.45) is 17.8 Å². The topological polar surface area (TPSA) is 131 Å². The monoisotopic (exact) mass is 714 g/mol. The summed E-state index contributed by atoms with van der Waals surface area (Å²) in [5.74, 6) is -0.367. The van der Waals surface area contributed by atoms with E-state index in [2.05, 4.69) is 27.0 Å². The quantitative estimate of drug-likeness (QED) is 0.410. The van der Waals surface area contributed by atoms with Crippen molar-refractivity contribution in [3.8, 4) is 0 Å². The van der Waals surface area contributed by atoms with Crippen molar-refractivity contribution in [1.82, 2.24) is 0 Å². The molecule has 0 aliphatic carbocycles. The molecule has 10 aliphatic rings. The zero-order valence-corrected chi connectivity index (χ0v) is 30.3. The molecule has 10 aliphatic heterocycles. The van der Waals surface area contributed by atoms with Gasteiger partial charge in [-0.25, -0.2) is 0 Å². The van der Waals surface area contributed by atoms with Crippen LogP contribution in [0.4, 0.5) is 0 Å². The minimum atomic E-state index is -0.872. The molecule has 51 heavy (non-hydrogen) atoms. The van der Waals surface area contributed by atoms with E-state index in [1.807, 2.05) is 0 Å². The van der Waals surface area contributed by atoms with Crippen molar-refractivity contribution < 1.29 is 52.9 Å². The average molecular weight is 715 g/mol. The van der Waals surface area contributed by atoms with Crippen molar-refractivity contribution in [3.63, 3.8) is 0 Å². The second kappa shape index (κ2) is 13.8. The maximum atomic E-state index is 14.0. The summed E-state index contributed by atoms with van der Waals surface area (Å²) in [5.41, 5.74) is 2.22. The lowest BCUT2D eigenvalue weighted by Gasteiger charge is -2.47. The van der Waals surface area contributed by atoms with Crippen LogP contribution in [0.5, 0.6) is 0 Å². The van der Waals surface area contributed by atoms with Gasteiger partial charge >= 0.3 is 0 Å². The lowest BCUT2D eigenvalue weighted by atomic mass is 9.79. The number of aliphatic hydroxyl groups is 2. The van der Waals surface area contributed by atoms with Crippen LogP contribution < -0.4 is 0 Å². The maximum absolute atomic E-state index is 14.0. The van der Waals surface area contributed by atoms with E-state index < -0.39 is 11.9 Å². The molecular weight excluding hydrogens is 656 g/mol. The van der Waals surface area contributed by atoms with Crippen molar-refractivity contribution in [2.75, 3.05) is 6.61 Å². The molecule has 0 amide bonds. The smallest absolute Gasteiger partial charge is 0.172 e. The van der Waals surface area contributed by atoms with Gasteiger partial charge in [0.05, 0.1) is 67.6 Å². The molecule has 10 fully saturated rings. The van der Waals surface area contributed by atoms with Crippen LogP contribution >= 0.6 is 0 Å².